The highest BCUT2D eigenvalue weighted by Crippen LogP contribution is 2.31. The molecule has 0 aliphatic heterocycles. The molecule has 0 saturated heterocycles. The molecule has 2 rings (SSSR count). The molecule has 0 radical (unpaired) electrons. The number of anilines is 1. The van der Waals surface area contributed by atoms with Gasteiger partial charge in [-0.2, -0.15) is 0 Å². The van der Waals surface area contributed by atoms with Gasteiger partial charge in [0.15, 0.2) is 0 Å². The molecule has 18 heavy (non-hydrogen) atoms. The largest absolute Gasteiger partial charge is 0.398 e. The Hall–Kier alpha value is -1.16. The number of halogens is 1. The van der Waals surface area contributed by atoms with E-state index >= 15 is 0 Å². The van der Waals surface area contributed by atoms with Crippen molar-refractivity contribution in [3.63, 3.8) is 0 Å². The molecular formula is C14H14ClNOS. The van der Waals surface area contributed by atoms with Crippen molar-refractivity contribution in [3.8, 4) is 0 Å². The summed E-state index contributed by atoms with van der Waals surface area (Å²) in [5, 5.41) is 10.7. The molecule has 1 unspecified atom stereocenters. The van der Waals surface area contributed by atoms with Crippen LogP contribution >= 0.6 is 23.4 Å². The molecule has 0 aliphatic rings. The van der Waals surface area contributed by atoms with E-state index in [4.69, 9.17) is 17.3 Å². The first-order valence-corrected chi connectivity index (χ1v) is 6.94. The van der Waals surface area contributed by atoms with E-state index in [0.717, 1.165) is 10.5 Å². The van der Waals surface area contributed by atoms with Crippen LogP contribution in [0.2, 0.25) is 5.02 Å². The lowest BCUT2D eigenvalue weighted by Gasteiger charge is -2.11. The van der Waals surface area contributed by atoms with E-state index in [2.05, 4.69) is 0 Å². The second-order valence-corrected chi connectivity index (χ2v) is 5.42. The predicted molar refractivity (Wildman–Crippen MR) is 78.0 cm³/mol. The predicted octanol–water partition coefficient (Wildman–Crippen LogP) is 3.75. The van der Waals surface area contributed by atoms with E-state index in [1.165, 1.54) is 11.8 Å². The molecule has 0 bridgehead atoms. The highest BCUT2D eigenvalue weighted by molar-refractivity contribution is 7.99. The van der Waals surface area contributed by atoms with Crippen molar-refractivity contribution < 1.29 is 5.11 Å². The number of hydrogen-bond acceptors (Lipinski definition) is 3. The molecular weight excluding hydrogens is 266 g/mol. The molecule has 0 aromatic heterocycles. The van der Waals surface area contributed by atoms with E-state index in [1.54, 1.807) is 12.1 Å². The summed E-state index contributed by atoms with van der Waals surface area (Å²) < 4.78 is 0. The maximum absolute atomic E-state index is 10.0. The minimum absolute atomic E-state index is 0.505. The van der Waals surface area contributed by atoms with Gasteiger partial charge in [-0.25, -0.2) is 0 Å². The third kappa shape index (κ3) is 3.42. The number of nitrogens with two attached hydrogens (primary N) is 1. The fourth-order valence-corrected chi connectivity index (χ4v) is 2.79. The number of nitrogen functional groups attached to an aromatic ring is 1. The van der Waals surface area contributed by atoms with Gasteiger partial charge in [0.1, 0.15) is 0 Å². The SMILES string of the molecule is Nc1ccc(Cl)cc1SCC(O)c1ccccc1. The van der Waals surface area contributed by atoms with Crippen molar-refractivity contribution in [1.82, 2.24) is 0 Å². The molecule has 2 aromatic carbocycles. The van der Waals surface area contributed by atoms with Gasteiger partial charge in [-0.15, -0.1) is 11.8 Å². The Bertz CT molecular complexity index is 518. The van der Waals surface area contributed by atoms with Gasteiger partial charge in [0.2, 0.25) is 0 Å². The molecule has 94 valence electrons. The van der Waals surface area contributed by atoms with Crippen molar-refractivity contribution in [1.29, 1.82) is 0 Å². The third-order valence-corrected chi connectivity index (χ3v) is 3.94. The summed E-state index contributed by atoms with van der Waals surface area (Å²) >= 11 is 7.42. The summed E-state index contributed by atoms with van der Waals surface area (Å²) in [6, 6.07) is 14.9. The average molecular weight is 280 g/mol. The molecule has 0 saturated carbocycles. The van der Waals surface area contributed by atoms with Crippen molar-refractivity contribution in [2.24, 2.45) is 0 Å². The summed E-state index contributed by atoms with van der Waals surface area (Å²) in [5.41, 5.74) is 7.45. The zero-order chi connectivity index (χ0) is 13.0. The van der Waals surface area contributed by atoms with Gasteiger partial charge < -0.3 is 10.8 Å². The molecule has 2 aromatic rings. The number of benzene rings is 2. The lowest BCUT2D eigenvalue weighted by atomic mass is 10.1. The van der Waals surface area contributed by atoms with Crippen LogP contribution in [-0.2, 0) is 0 Å². The highest BCUT2D eigenvalue weighted by Gasteiger charge is 2.09. The van der Waals surface area contributed by atoms with Gasteiger partial charge in [0, 0.05) is 21.4 Å². The topological polar surface area (TPSA) is 46.2 Å². The maximum atomic E-state index is 10.0. The van der Waals surface area contributed by atoms with Gasteiger partial charge in [0.05, 0.1) is 6.10 Å². The Labute approximate surface area is 116 Å². The molecule has 0 amide bonds. The molecule has 0 spiro atoms. The minimum Gasteiger partial charge on any atom is -0.398 e. The number of aliphatic hydroxyl groups is 1. The first-order valence-electron chi connectivity index (χ1n) is 5.57. The lowest BCUT2D eigenvalue weighted by molar-refractivity contribution is 0.204. The van der Waals surface area contributed by atoms with Crippen LogP contribution in [-0.4, -0.2) is 10.9 Å². The summed E-state index contributed by atoms with van der Waals surface area (Å²) in [6.45, 7) is 0. The molecule has 3 N–H and O–H groups in total. The Morgan fingerprint density at radius 3 is 2.61 bits per heavy atom. The fraction of sp³-hybridized carbons (Fsp3) is 0.143. The molecule has 4 heteroatoms. The standard InChI is InChI=1S/C14H14ClNOS/c15-11-6-7-12(16)14(8-11)18-9-13(17)10-4-2-1-3-5-10/h1-8,13,17H,9,16H2. The van der Waals surface area contributed by atoms with Crippen LogP contribution in [0.4, 0.5) is 5.69 Å². The first-order chi connectivity index (χ1) is 8.66. The van der Waals surface area contributed by atoms with Gasteiger partial charge in [-0.05, 0) is 23.8 Å². The molecule has 0 aliphatic carbocycles. The minimum atomic E-state index is -0.505. The molecule has 1 atom stereocenters. The van der Waals surface area contributed by atoms with E-state index < -0.39 is 6.10 Å². The van der Waals surface area contributed by atoms with Crippen LogP contribution in [0.25, 0.3) is 0 Å². The van der Waals surface area contributed by atoms with Crippen LogP contribution < -0.4 is 5.73 Å². The molecule has 0 heterocycles. The maximum Gasteiger partial charge on any atom is 0.0883 e. The van der Waals surface area contributed by atoms with E-state index in [9.17, 15) is 5.11 Å². The fourth-order valence-electron chi connectivity index (χ4n) is 1.57. The third-order valence-electron chi connectivity index (χ3n) is 2.56. The first kappa shape index (κ1) is 13.3. The summed E-state index contributed by atoms with van der Waals surface area (Å²) in [5.74, 6) is 0.550. The zero-order valence-electron chi connectivity index (χ0n) is 9.71. The van der Waals surface area contributed by atoms with Crippen LogP contribution in [0.15, 0.2) is 53.4 Å². The van der Waals surface area contributed by atoms with Crippen molar-refractivity contribution in [3.05, 3.63) is 59.1 Å². The van der Waals surface area contributed by atoms with Gasteiger partial charge in [0.25, 0.3) is 0 Å². The summed E-state index contributed by atoms with van der Waals surface area (Å²) in [4.78, 5) is 0.900. The van der Waals surface area contributed by atoms with E-state index in [1.807, 2.05) is 36.4 Å². The average Bonchev–Trinajstić information content (AvgIpc) is 2.40. The Morgan fingerprint density at radius 2 is 1.89 bits per heavy atom. The number of hydrogen-bond donors (Lipinski definition) is 2. The smallest absolute Gasteiger partial charge is 0.0883 e. The second-order valence-electron chi connectivity index (χ2n) is 3.92. The van der Waals surface area contributed by atoms with Crippen LogP contribution in [0.3, 0.4) is 0 Å². The van der Waals surface area contributed by atoms with Crippen LogP contribution in [0.1, 0.15) is 11.7 Å². The van der Waals surface area contributed by atoms with E-state index in [0.29, 0.717) is 16.5 Å². The highest BCUT2D eigenvalue weighted by atomic mass is 35.5. The quantitative estimate of drug-likeness (QED) is 0.662. The van der Waals surface area contributed by atoms with Gasteiger partial charge in [-0.1, -0.05) is 41.9 Å². The second kappa shape index (κ2) is 6.14. The number of aliphatic hydroxyl groups excluding tert-OH is 1. The lowest BCUT2D eigenvalue weighted by Crippen LogP contribution is -2.00. The summed E-state index contributed by atoms with van der Waals surface area (Å²) in [7, 11) is 0. The van der Waals surface area contributed by atoms with Crippen molar-refractivity contribution in [2.45, 2.75) is 11.0 Å². The molecule has 0 fully saturated rings. The van der Waals surface area contributed by atoms with Gasteiger partial charge in [-0.3, -0.25) is 0 Å². The zero-order valence-corrected chi connectivity index (χ0v) is 11.3. The Morgan fingerprint density at radius 1 is 1.17 bits per heavy atom. The Balaban J connectivity index is 2.01. The van der Waals surface area contributed by atoms with Gasteiger partial charge >= 0.3 is 0 Å². The number of thioether (sulfide) groups is 1. The van der Waals surface area contributed by atoms with Crippen molar-refractivity contribution in [2.75, 3.05) is 11.5 Å². The van der Waals surface area contributed by atoms with Crippen LogP contribution in [0, 0.1) is 0 Å². The molecule has 2 nitrogen and oxygen atoms in total. The van der Waals surface area contributed by atoms with Crippen molar-refractivity contribution >= 4 is 29.1 Å². The van der Waals surface area contributed by atoms with Crippen LogP contribution in [0.5, 0.6) is 0 Å². The monoisotopic (exact) mass is 279 g/mol. The number of rotatable bonds is 4. The summed E-state index contributed by atoms with van der Waals surface area (Å²) in [6.07, 6.45) is -0.505. The van der Waals surface area contributed by atoms with E-state index in [-0.39, 0.29) is 0 Å². The Kier molecular flexibility index (Phi) is 4.53. The normalized spacial score (nSPS) is 12.3.